The number of thiophene rings is 1. The highest BCUT2D eigenvalue weighted by atomic mass is 32.1. The van der Waals surface area contributed by atoms with Gasteiger partial charge < -0.3 is 10.6 Å². The standard InChI is InChI=1S/C17H18N4OS/c1-13-6-2-3-7-14(13)20-17(22)18-12-15(16-8-4-11-23-16)21-10-5-9-19-21/h2-11,15H,12H2,1H3,(H2,18,20,22)/t15-/m1/s1. The van der Waals surface area contributed by atoms with Gasteiger partial charge >= 0.3 is 6.03 Å². The fraction of sp³-hybridized carbons (Fsp3) is 0.176. The van der Waals surface area contributed by atoms with Crippen LogP contribution in [0.4, 0.5) is 10.5 Å². The molecule has 3 aromatic rings. The second-order valence-corrected chi connectivity index (χ2v) is 6.15. The molecule has 0 saturated carbocycles. The lowest BCUT2D eigenvalue weighted by atomic mass is 10.2. The monoisotopic (exact) mass is 326 g/mol. The fourth-order valence-electron chi connectivity index (χ4n) is 2.34. The molecule has 23 heavy (non-hydrogen) atoms. The van der Waals surface area contributed by atoms with E-state index in [1.165, 1.54) is 0 Å². The summed E-state index contributed by atoms with van der Waals surface area (Å²) in [5.74, 6) is 0. The van der Waals surface area contributed by atoms with E-state index < -0.39 is 0 Å². The van der Waals surface area contributed by atoms with Crippen LogP contribution < -0.4 is 10.6 Å². The zero-order chi connectivity index (χ0) is 16.1. The number of hydrogen-bond donors (Lipinski definition) is 2. The van der Waals surface area contributed by atoms with Crippen LogP contribution in [0.2, 0.25) is 0 Å². The van der Waals surface area contributed by atoms with E-state index in [2.05, 4.69) is 21.8 Å². The van der Waals surface area contributed by atoms with Gasteiger partial charge in [-0.05, 0) is 36.1 Å². The average molecular weight is 326 g/mol. The Labute approximate surface area is 139 Å². The minimum atomic E-state index is -0.215. The van der Waals surface area contributed by atoms with Crippen LogP contribution in [-0.4, -0.2) is 22.4 Å². The maximum atomic E-state index is 12.2. The van der Waals surface area contributed by atoms with Gasteiger partial charge in [-0.1, -0.05) is 24.3 Å². The van der Waals surface area contributed by atoms with Gasteiger partial charge in [0, 0.05) is 29.5 Å². The van der Waals surface area contributed by atoms with Crippen LogP contribution in [0.3, 0.4) is 0 Å². The normalized spacial score (nSPS) is 11.9. The Balaban J connectivity index is 1.65. The number of benzene rings is 1. The summed E-state index contributed by atoms with van der Waals surface area (Å²) in [6.07, 6.45) is 3.65. The minimum absolute atomic E-state index is 0.00683. The number of hydrogen-bond acceptors (Lipinski definition) is 3. The van der Waals surface area contributed by atoms with Crippen LogP contribution in [0.15, 0.2) is 60.2 Å². The van der Waals surface area contributed by atoms with Crippen molar-refractivity contribution in [1.82, 2.24) is 15.1 Å². The highest BCUT2D eigenvalue weighted by molar-refractivity contribution is 7.10. The predicted octanol–water partition coefficient (Wildman–Crippen LogP) is 3.66. The number of aryl methyl sites for hydroxylation is 1. The molecule has 6 heteroatoms. The molecule has 2 aromatic heterocycles. The number of urea groups is 1. The first-order valence-corrected chi connectivity index (χ1v) is 8.25. The van der Waals surface area contributed by atoms with Crippen molar-refractivity contribution in [3.05, 3.63) is 70.7 Å². The summed E-state index contributed by atoms with van der Waals surface area (Å²) in [5, 5.41) is 12.1. The third-order valence-electron chi connectivity index (χ3n) is 3.57. The van der Waals surface area contributed by atoms with E-state index in [4.69, 9.17) is 0 Å². The average Bonchev–Trinajstić information content (AvgIpc) is 3.23. The smallest absolute Gasteiger partial charge is 0.319 e. The SMILES string of the molecule is Cc1ccccc1NC(=O)NC[C@H](c1cccs1)n1cccn1. The lowest BCUT2D eigenvalue weighted by molar-refractivity contribution is 0.250. The van der Waals surface area contributed by atoms with Crippen molar-refractivity contribution in [3.8, 4) is 0 Å². The van der Waals surface area contributed by atoms with Gasteiger partial charge in [-0.2, -0.15) is 5.10 Å². The Morgan fingerprint density at radius 2 is 2.13 bits per heavy atom. The number of carbonyl (C=O) groups excluding carboxylic acids is 1. The summed E-state index contributed by atoms with van der Waals surface area (Å²) >= 11 is 1.65. The molecule has 5 nitrogen and oxygen atoms in total. The highest BCUT2D eigenvalue weighted by Crippen LogP contribution is 2.22. The number of amides is 2. The van der Waals surface area contributed by atoms with E-state index in [9.17, 15) is 4.79 Å². The van der Waals surface area contributed by atoms with Gasteiger partial charge in [-0.3, -0.25) is 4.68 Å². The van der Waals surface area contributed by atoms with E-state index >= 15 is 0 Å². The molecule has 0 bridgehead atoms. The third-order valence-corrected chi connectivity index (χ3v) is 4.54. The van der Waals surface area contributed by atoms with Crippen molar-refractivity contribution in [1.29, 1.82) is 0 Å². The van der Waals surface area contributed by atoms with Crippen LogP contribution in [0.25, 0.3) is 0 Å². The van der Waals surface area contributed by atoms with Crippen molar-refractivity contribution in [3.63, 3.8) is 0 Å². The second kappa shape index (κ2) is 7.11. The van der Waals surface area contributed by atoms with E-state index in [1.807, 2.05) is 59.6 Å². The van der Waals surface area contributed by atoms with Gasteiger partial charge in [0.25, 0.3) is 0 Å². The summed E-state index contributed by atoms with van der Waals surface area (Å²) < 4.78 is 1.86. The van der Waals surface area contributed by atoms with Crippen molar-refractivity contribution < 1.29 is 4.79 Å². The maximum Gasteiger partial charge on any atom is 0.319 e. The number of nitrogens with one attached hydrogen (secondary N) is 2. The van der Waals surface area contributed by atoms with E-state index in [-0.39, 0.29) is 12.1 Å². The van der Waals surface area contributed by atoms with Crippen LogP contribution >= 0.6 is 11.3 Å². The number of nitrogens with zero attached hydrogens (tertiary/aromatic N) is 2. The molecule has 0 saturated heterocycles. The summed E-state index contributed by atoms with van der Waals surface area (Å²) in [5.41, 5.74) is 1.85. The van der Waals surface area contributed by atoms with Crippen LogP contribution in [-0.2, 0) is 0 Å². The van der Waals surface area contributed by atoms with Gasteiger partial charge in [-0.25, -0.2) is 4.79 Å². The van der Waals surface area contributed by atoms with Gasteiger partial charge in [0.15, 0.2) is 0 Å². The third kappa shape index (κ3) is 3.78. The summed E-state index contributed by atoms with van der Waals surface area (Å²) in [6, 6.07) is 13.4. The molecule has 0 aliphatic rings. The van der Waals surface area contributed by atoms with Gasteiger partial charge in [0.05, 0.1) is 0 Å². The molecule has 2 amide bonds. The molecule has 1 atom stereocenters. The molecule has 0 aliphatic heterocycles. The molecule has 0 spiro atoms. The van der Waals surface area contributed by atoms with Gasteiger partial charge in [0.2, 0.25) is 0 Å². The number of carbonyl (C=O) groups is 1. The van der Waals surface area contributed by atoms with Crippen molar-refractivity contribution in [2.24, 2.45) is 0 Å². The molecule has 0 unspecified atom stereocenters. The van der Waals surface area contributed by atoms with Gasteiger partial charge in [-0.15, -0.1) is 11.3 Å². The summed E-state index contributed by atoms with van der Waals surface area (Å²) in [4.78, 5) is 13.3. The Bertz CT molecular complexity index is 719. The summed E-state index contributed by atoms with van der Waals surface area (Å²) in [6.45, 7) is 2.44. The molecule has 2 N–H and O–H groups in total. The molecule has 118 valence electrons. The predicted molar refractivity (Wildman–Crippen MR) is 92.9 cm³/mol. The van der Waals surface area contributed by atoms with Crippen LogP contribution in [0, 0.1) is 6.92 Å². The molecule has 1 aromatic carbocycles. The highest BCUT2D eigenvalue weighted by Gasteiger charge is 2.16. The number of anilines is 1. The number of rotatable bonds is 5. The zero-order valence-corrected chi connectivity index (χ0v) is 13.6. The Morgan fingerprint density at radius 1 is 1.26 bits per heavy atom. The Hall–Kier alpha value is -2.60. The first-order chi connectivity index (χ1) is 11.2. The van der Waals surface area contributed by atoms with Crippen molar-refractivity contribution in [2.45, 2.75) is 13.0 Å². The van der Waals surface area contributed by atoms with Crippen molar-refractivity contribution in [2.75, 3.05) is 11.9 Å². The summed E-state index contributed by atoms with van der Waals surface area (Å²) in [7, 11) is 0. The first kappa shape index (κ1) is 15.3. The second-order valence-electron chi connectivity index (χ2n) is 5.17. The minimum Gasteiger partial charge on any atom is -0.335 e. The number of para-hydroxylation sites is 1. The van der Waals surface area contributed by atoms with E-state index in [0.717, 1.165) is 16.1 Å². The van der Waals surface area contributed by atoms with E-state index in [0.29, 0.717) is 6.54 Å². The lowest BCUT2D eigenvalue weighted by Crippen LogP contribution is -2.34. The first-order valence-electron chi connectivity index (χ1n) is 7.37. The molecule has 0 radical (unpaired) electrons. The molecule has 2 heterocycles. The topological polar surface area (TPSA) is 59.0 Å². The van der Waals surface area contributed by atoms with Crippen LogP contribution in [0.1, 0.15) is 16.5 Å². The van der Waals surface area contributed by atoms with Crippen molar-refractivity contribution >= 4 is 23.1 Å². The zero-order valence-electron chi connectivity index (χ0n) is 12.8. The Morgan fingerprint density at radius 3 is 2.83 bits per heavy atom. The quantitative estimate of drug-likeness (QED) is 0.751. The Kier molecular flexibility index (Phi) is 4.73. The molecular weight excluding hydrogens is 308 g/mol. The lowest BCUT2D eigenvalue weighted by Gasteiger charge is -2.17. The molecule has 0 aliphatic carbocycles. The largest absolute Gasteiger partial charge is 0.335 e. The molecule has 3 rings (SSSR count). The van der Waals surface area contributed by atoms with Crippen LogP contribution in [0.5, 0.6) is 0 Å². The van der Waals surface area contributed by atoms with Gasteiger partial charge in [0.1, 0.15) is 6.04 Å². The molecular formula is C17H18N4OS. The number of aromatic nitrogens is 2. The van der Waals surface area contributed by atoms with E-state index in [1.54, 1.807) is 17.5 Å². The fourth-order valence-corrected chi connectivity index (χ4v) is 3.16. The molecule has 0 fully saturated rings. The maximum absolute atomic E-state index is 12.2.